The van der Waals surface area contributed by atoms with Crippen molar-refractivity contribution in [2.75, 3.05) is 63.0 Å². The van der Waals surface area contributed by atoms with Gasteiger partial charge in [-0.2, -0.15) is 5.10 Å². The van der Waals surface area contributed by atoms with Crippen LogP contribution in [0.1, 0.15) is 52.4 Å². The number of ether oxygens (including phenoxy) is 1. The number of hydrogen-bond acceptors (Lipinski definition) is 12. The van der Waals surface area contributed by atoms with Gasteiger partial charge in [0.15, 0.2) is 5.65 Å². The molecule has 17 heteroatoms. The van der Waals surface area contributed by atoms with Gasteiger partial charge in [0, 0.05) is 76.1 Å². The van der Waals surface area contributed by atoms with Gasteiger partial charge >= 0.3 is 6.03 Å². The summed E-state index contributed by atoms with van der Waals surface area (Å²) in [5.74, 6) is -0.216. The zero-order chi connectivity index (χ0) is 41.1. The van der Waals surface area contributed by atoms with E-state index in [1.165, 1.54) is 6.33 Å². The van der Waals surface area contributed by atoms with Crippen LogP contribution in [0.2, 0.25) is 0 Å². The number of amides is 6. The number of urea groups is 1. The van der Waals surface area contributed by atoms with Crippen LogP contribution in [0.25, 0.3) is 22.3 Å². The standard InChI is InChI=1S/C43H43N11O6/c44-38-36-37(26-6-9-31(10-7-26)60-30-4-2-1-3-5-30)48-54(39(36)46-25-45-38)27-14-16-51(17-15-27)43(59)52-23-29(24-52)50-20-18-49(19-21-50)28-8-11-32-33(22-28)42(58)53(41(32)57)34-12-13-35(55)47-40(34)56/h1-11,22,25,27,29,34H,12-21,23-24H2,(H2,44,45,46)(H,47,55,56)/t34-/m1/s1. The number of benzene rings is 3. The molecule has 306 valence electrons. The maximum absolute atomic E-state index is 13.6. The second-order valence-corrected chi connectivity index (χ2v) is 15.9. The van der Waals surface area contributed by atoms with E-state index in [1.54, 1.807) is 12.1 Å². The van der Waals surface area contributed by atoms with Crippen molar-refractivity contribution in [1.82, 2.24) is 44.7 Å². The number of nitrogens with zero attached hydrogens (tertiary/aromatic N) is 9. The largest absolute Gasteiger partial charge is 0.457 e. The number of piperazine rings is 1. The second kappa shape index (κ2) is 15.1. The van der Waals surface area contributed by atoms with Gasteiger partial charge in [-0.3, -0.25) is 34.3 Å². The lowest BCUT2D eigenvalue weighted by atomic mass is 10.0. The van der Waals surface area contributed by atoms with Crippen LogP contribution >= 0.6 is 0 Å². The Morgan fingerprint density at radius 3 is 2.20 bits per heavy atom. The van der Waals surface area contributed by atoms with Crippen molar-refractivity contribution in [3.8, 4) is 22.8 Å². The smallest absolute Gasteiger partial charge is 0.320 e. The summed E-state index contributed by atoms with van der Waals surface area (Å²) < 4.78 is 7.94. The van der Waals surface area contributed by atoms with Gasteiger partial charge in [0.05, 0.1) is 22.6 Å². The number of nitrogen functional groups attached to an aromatic ring is 1. The minimum atomic E-state index is -0.993. The second-order valence-electron chi connectivity index (χ2n) is 15.9. The molecule has 5 aromatic rings. The van der Waals surface area contributed by atoms with Gasteiger partial charge in [0.1, 0.15) is 35.4 Å². The fourth-order valence-corrected chi connectivity index (χ4v) is 9.10. The number of hydrogen-bond donors (Lipinski definition) is 2. The molecule has 0 aliphatic carbocycles. The van der Waals surface area contributed by atoms with E-state index in [0.29, 0.717) is 54.5 Å². The number of piperidine rings is 2. The average Bonchev–Trinajstić information content (AvgIpc) is 3.76. The van der Waals surface area contributed by atoms with Crippen LogP contribution in [0.4, 0.5) is 16.3 Å². The number of aromatic nitrogens is 4. The van der Waals surface area contributed by atoms with Crippen LogP contribution < -0.4 is 20.7 Å². The highest BCUT2D eigenvalue weighted by molar-refractivity contribution is 6.23. The monoisotopic (exact) mass is 809 g/mol. The summed E-state index contributed by atoms with van der Waals surface area (Å²) in [5.41, 5.74) is 10.1. The number of nitrogens with two attached hydrogens (primary N) is 1. The third-order valence-corrected chi connectivity index (χ3v) is 12.5. The number of nitrogens with one attached hydrogen (secondary N) is 1. The topological polar surface area (TPSA) is 192 Å². The third kappa shape index (κ3) is 6.63. The first-order valence-electron chi connectivity index (χ1n) is 20.4. The van der Waals surface area contributed by atoms with Gasteiger partial charge < -0.3 is 25.2 Å². The molecule has 6 amide bonds. The van der Waals surface area contributed by atoms with Gasteiger partial charge in [-0.15, -0.1) is 0 Å². The molecule has 1 atom stereocenters. The molecule has 5 aliphatic heterocycles. The fourth-order valence-electron chi connectivity index (χ4n) is 9.10. The highest BCUT2D eigenvalue weighted by Crippen LogP contribution is 2.36. The van der Waals surface area contributed by atoms with Crippen molar-refractivity contribution in [1.29, 1.82) is 0 Å². The molecular formula is C43H43N11O6. The van der Waals surface area contributed by atoms with Crippen molar-refractivity contribution < 1.29 is 28.7 Å². The van der Waals surface area contributed by atoms with E-state index >= 15 is 0 Å². The zero-order valence-corrected chi connectivity index (χ0v) is 32.8. The van der Waals surface area contributed by atoms with E-state index < -0.39 is 29.7 Å². The molecule has 0 unspecified atom stereocenters. The predicted molar refractivity (Wildman–Crippen MR) is 219 cm³/mol. The first kappa shape index (κ1) is 37.4. The van der Waals surface area contributed by atoms with Gasteiger partial charge in [0.2, 0.25) is 11.8 Å². The van der Waals surface area contributed by atoms with Gasteiger partial charge in [-0.05, 0) is 73.9 Å². The minimum absolute atomic E-state index is 0.0364. The number of fused-ring (bicyclic) bond motifs is 2. The van der Waals surface area contributed by atoms with E-state index in [-0.39, 0.29) is 42.1 Å². The van der Waals surface area contributed by atoms with Crippen molar-refractivity contribution in [2.24, 2.45) is 0 Å². The fraction of sp³-hybridized carbons (Fsp3) is 0.349. The maximum atomic E-state index is 13.6. The van der Waals surface area contributed by atoms with E-state index in [0.717, 1.165) is 60.9 Å². The molecule has 10 rings (SSSR count). The highest BCUT2D eigenvalue weighted by Gasteiger charge is 2.45. The van der Waals surface area contributed by atoms with Gasteiger partial charge in [0.25, 0.3) is 11.8 Å². The number of likely N-dealkylation sites (tertiary alicyclic amines) is 2. The van der Waals surface area contributed by atoms with Crippen LogP contribution in [-0.2, 0) is 9.59 Å². The molecule has 0 saturated carbocycles. The summed E-state index contributed by atoms with van der Waals surface area (Å²) in [5, 5.41) is 7.98. The Labute approximate surface area is 344 Å². The van der Waals surface area contributed by atoms with E-state index in [2.05, 4.69) is 25.1 Å². The molecule has 0 bridgehead atoms. The first-order chi connectivity index (χ1) is 29.2. The van der Waals surface area contributed by atoms with Crippen LogP contribution in [0.3, 0.4) is 0 Å². The summed E-state index contributed by atoms with van der Waals surface area (Å²) in [6.45, 7) is 5.59. The molecule has 7 heterocycles. The number of para-hydroxylation sites is 1. The van der Waals surface area contributed by atoms with E-state index in [4.69, 9.17) is 15.6 Å². The summed E-state index contributed by atoms with van der Waals surface area (Å²) in [4.78, 5) is 82.6. The van der Waals surface area contributed by atoms with Crippen LogP contribution in [0, 0.1) is 0 Å². The lowest BCUT2D eigenvalue weighted by molar-refractivity contribution is -0.136. The molecule has 60 heavy (non-hydrogen) atoms. The molecule has 4 fully saturated rings. The predicted octanol–water partition coefficient (Wildman–Crippen LogP) is 3.53. The number of carbonyl (C=O) groups is 5. The van der Waals surface area contributed by atoms with Gasteiger partial charge in [-0.25, -0.2) is 19.4 Å². The van der Waals surface area contributed by atoms with Crippen LogP contribution in [0.5, 0.6) is 11.5 Å². The summed E-state index contributed by atoms with van der Waals surface area (Å²) in [6.07, 6.45) is 3.12. The number of imide groups is 2. The Hall–Kier alpha value is -6.88. The number of carbonyl (C=O) groups excluding carboxylic acids is 5. The summed E-state index contributed by atoms with van der Waals surface area (Å²) >= 11 is 0. The van der Waals surface area contributed by atoms with E-state index in [1.807, 2.05) is 75.1 Å². The lowest BCUT2D eigenvalue weighted by Crippen LogP contribution is -2.66. The SMILES string of the molecule is Nc1ncnc2c1c(-c1ccc(Oc3ccccc3)cc1)nn2C1CCN(C(=O)N2CC(N3CCN(c4ccc5c(c4)C(=O)N([C@@H]4CCC(=O)NC4=O)C5=O)CC3)C2)CC1. The molecule has 5 aliphatic rings. The average molecular weight is 810 g/mol. The third-order valence-electron chi connectivity index (χ3n) is 12.5. The molecule has 3 N–H and O–H groups in total. The Bertz CT molecular complexity index is 2520. The molecular weight excluding hydrogens is 767 g/mol. The normalized spacial score (nSPS) is 20.4. The molecule has 0 spiro atoms. The highest BCUT2D eigenvalue weighted by atomic mass is 16.5. The Kier molecular flexibility index (Phi) is 9.38. The molecule has 3 aromatic carbocycles. The number of anilines is 2. The van der Waals surface area contributed by atoms with Gasteiger partial charge in [-0.1, -0.05) is 18.2 Å². The van der Waals surface area contributed by atoms with E-state index in [9.17, 15) is 24.0 Å². The number of rotatable bonds is 7. The first-order valence-corrected chi connectivity index (χ1v) is 20.4. The summed E-state index contributed by atoms with van der Waals surface area (Å²) in [6, 6.07) is 22.0. The van der Waals surface area contributed by atoms with Crippen LogP contribution in [0.15, 0.2) is 79.1 Å². The minimum Gasteiger partial charge on any atom is -0.457 e. The van der Waals surface area contributed by atoms with Crippen molar-refractivity contribution in [3.63, 3.8) is 0 Å². The van der Waals surface area contributed by atoms with Crippen LogP contribution in [-0.4, -0.2) is 133 Å². The summed E-state index contributed by atoms with van der Waals surface area (Å²) in [7, 11) is 0. The Balaban J connectivity index is 0.723. The molecule has 17 nitrogen and oxygen atoms in total. The van der Waals surface area contributed by atoms with Crippen molar-refractivity contribution in [2.45, 2.75) is 43.8 Å². The maximum Gasteiger partial charge on any atom is 0.320 e. The zero-order valence-electron chi connectivity index (χ0n) is 32.8. The quantitative estimate of drug-likeness (QED) is 0.228. The molecule has 0 radical (unpaired) electrons. The lowest BCUT2D eigenvalue weighted by Gasteiger charge is -2.49. The van der Waals surface area contributed by atoms with Crippen molar-refractivity contribution >= 4 is 52.2 Å². The Morgan fingerprint density at radius 1 is 0.750 bits per heavy atom. The van der Waals surface area contributed by atoms with Crippen molar-refractivity contribution in [3.05, 3.63) is 90.3 Å². The molecule has 4 saturated heterocycles. The Morgan fingerprint density at radius 2 is 1.47 bits per heavy atom. The molecule has 2 aromatic heterocycles.